The van der Waals surface area contributed by atoms with Gasteiger partial charge in [-0.1, -0.05) is 40.5 Å². The summed E-state index contributed by atoms with van der Waals surface area (Å²) in [4.78, 5) is 12.5. The number of hydrogen-bond donors (Lipinski definition) is 0. The van der Waals surface area contributed by atoms with Crippen LogP contribution in [0.25, 0.3) is 0 Å². The van der Waals surface area contributed by atoms with E-state index in [0.29, 0.717) is 18.2 Å². The molecule has 1 heterocycles. The fourth-order valence-corrected chi connectivity index (χ4v) is 4.13. The molecule has 0 amide bonds. The summed E-state index contributed by atoms with van der Waals surface area (Å²) in [6.07, 6.45) is 7.64. The predicted octanol–water partition coefficient (Wildman–Crippen LogP) is 3.79. The smallest absolute Gasteiger partial charge is 0.143 e. The van der Waals surface area contributed by atoms with Crippen molar-refractivity contribution in [2.45, 2.75) is 65.8 Å². The van der Waals surface area contributed by atoms with E-state index in [1.165, 1.54) is 25.7 Å². The molecule has 20 heavy (non-hydrogen) atoms. The van der Waals surface area contributed by atoms with Crippen LogP contribution in [0.2, 0.25) is 0 Å². The van der Waals surface area contributed by atoms with Gasteiger partial charge in [0.15, 0.2) is 0 Å². The summed E-state index contributed by atoms with van der Waals surface area (Å²) in [6, 6.07) is 2.59. The summed E-state index contributed by atoms with van der Waals surface area (Å²) in [7, 11) is 0. The first-order chi connectivity index (χ1) is 9.34. The first kappa shape index (κ1) is 13.8. The molecule has 2 fully saturated rings. The second kappa shape index (κ2) is 4.44. The maximum absolute atomic E-state index is 12.5. The molecular formula is C17H26N2O. The third kappa shape index (κ3) is 2.02. The molecule has 0 aromatic carbocycles. The highest BCUT2D eigenvalue weighted by molar-refractivity contribution is 5.87. The molecule has 0 atom stereocenters. The molecule has 3 heteroatoms. The molecule has 0 saturated heterocycles. The Morgan fingerprint density at radius 2 is 1.85 bits per heavy atom. The maximum atomic E-state index is 12.5. The minimum atomic E-state index is 0.137. The van der Waals surface area contributed by atoms with Crippen molar-refractivity contribution < 1.29 is 4.79 Å². The third-order valence-electron chi connectivity index (χ3n) is 6.06. The largest absolute Gasteiger partial charge is 0.299 e. The Kier molecular flexibility index (Phi) is 3.07. The number of nitrogens with zero attached hydrogens (tertiary/aromatic N) is 2. The topological polar surface area (TPSA) is 34.9 Å². The fraction of sp³-hybridized carbons (Fsp3) is 0.765. The highest BCUT2D eigenvalue weighted by atomic mass is 16.1. The van der Waals surface area contributed by atoms with Crippen molar-refractivity contribution in [2.24, 2.45) is 16.7 Å². The third-order valence-corrected chi connectivity index (χ3v) is 6.06. The molecule has 2 aliphatic carbocycles. The van der Waals surface area contributed by atoms with Crippen molar-refractivity contribution in [2.75, 3.05) is 0 Å². The summed E-state index contributed by atoms with van der Waals surface area (Å²) >= 11 is 0. The van der Waals surface area contributed by atoms with E-state index in [9.17, 15) is 4.79 Å². The van der Waals surface area contributed by atoms with Gasteiger partial charge < -0.3 is 0 Å². The molecule has 2 aliphatic rings. The highest BCUT2D eigenvalue weighted by Crippen LogP contribution is 2.68. The number of aromatic nitrogens is 2. The summed E-state index contributed by atoms with van der Waals surface area (Å²) in [5.74, 6) is 0.545. The van der Waals surface area contributed by atoms with Gasteiger partial charge in [0, 0.05) is 12.1 Å². The number of carbonyl (C=O) groups is 1. The lowest BCUT2D eigenvalue weighted by Crippen LogP contribution is -2.12. The fourth-order valence-electron chi connectivity index (χ4n) is 4.13. The second-order valence-electron chi connectivity index (χ2n) is 7.74. The van der Waals surface area contributed by atoms with Gasteiger partial charge in [-0.15, -0.1) is 0 Å². The van der Waals surface area contributed by atoms with E-state index in [4.69, 9.17) is 0 Å². The molecule has 0 radical (unpaired) electrons. The molecule has 0 aliphatic heterocycles. The average molecular weight is 274 g/mol. The van der Waals surface area contributed by atoms with E-state index >= 15 is 0 Å². The minimum Gasteiger partial charge on any atom is -0.299 e. The van der Waals surface area contributed by atoms with Gasteiger partial charge in [0.25, 0.3) is 0 Å². The first-order valence-corrected chi connectivity index (χ1v) is 7.91. The van der Waals surface area contributed by atoms with E-state index in [2.05, 4.69) is 43.7 Å². The number of ketones is 1. The Hall–Kier alpha value is -1.12. The molecule has 0 bridgehead atoms. The number of hydrogen-bond acceptors (Lipinski definition) is 2. The normalized spacial score (nSPS) is 25.0. The zero-order valence-corrected chi connectivity index (χ0v) is 13.1. The standard InChI is InChI=1S/C17H26N2O/c1-16(2)15(17(16,3)4)14(20)11-12-9-10-19(18-12)13-7-5-6-8-13/h9-10,13,15H,5-8,11H2,1-4H3. The van der Waals surface area contributed by atoms with E-state index in [-0.39, 0.29) is 16.7 Å². The molecule has 1 aromatic rings. The van der Waals surface area contributed by atoms with Gasteiger partial charge in [-0.3, -0.25) is 9.48 Å². The van der Waals surface area contributed by atoms with Crippen molar-refractivity contribution in [1.82, 2.24) is 9.78 Å². The summed E-state index contributed by atoms with van der Waals surface area (Å²) in [5, 5.41) is 4.63. The van der Waals surface area contributed by atoms with Crippen LogP contribution in [0, 0.1) is 16.7 Å². The van der Waals surface area contributed by atoms with Crippen molar-refractivity contribution in [1.29, 1.82) is 0 Å². The number of rotatable bonds is 4. The molecule has 3 rings (SSSR count). The second-order valence-corrected chi connectivity index (χ2v) is 7.74. The predicted molar refractivity (Wildman–Crippen MR) is 79.5 cm³/mol. The molecule has 3 nitrogen and oxygen atoms in total. The van der Waals surface area contributed by atoms with Gasteiger partial charge in [0.2, 0.25) is 0 Å². The van der Waals surface area contributed by atoms with Gasteiger partial charge in [0.05, 0.1) is 18.2 Å². The highest BCUT2D eigenvalue weighted by Gasteiger charge is 2.67. The number of Topliss-reactive ketones (excluding diaryl/α,β-unsaturated/α-hetero) is 1. The lowest BCUT2D eigenvalue weighted by atomic mass is 10.0. The van der Waals surface area contributed by atoms with Crippen molar-refractivity contribution in [3.05, 3.63) is 18.0 Å². The summed E-state index contributed by atoms with van der Waals surface area (Å²) in [6.45, 7) is 8.80. The monoisotopic (exact) mass is 274 g/mol. The Labute approximate surface area is 121 Å². The Morgan fingerprint density at radius 3 is 2.40 bits per heavy atom. The minimum absolute atomic E-state index is 0.137. The lowest BCUT2D eigenvalue weighted by molar-refractivity contribution is -0.120. The van der Waals surface area contributed by atoms with Crippen LogP contribution in [-0.2, 0) is 11.2 Å². The van der Waals surface area contributed by atoms with E-state index in [1.54, 1.807) is 0 Å². The summed E-state index contributed by atoms with van der Waals surface area (Å²) in [5.41, 5.74) is 1.22. The van der Waals surface area contributed by atoms with Crippen LogP contribution in [-0.4, -0.2) is 15.6 Å². The Bertz CT molecular complexity index is 507. The van der Waals surface area contributed by atoms with Gasteiger partial charge in [-0.25, -0.2) is 0 Å². The van der Waals surface area contributed by atoms with Crippen LogP contribution in [0.5, 0.6) is 0 Å². The van der Waals surface area contributed by atoms with Crippen molar-refractivity contribution in [3.63, 3.8) is 0 Å². The van der Waals surface area contributed by atoms with Crippen LogP contribution in [0.15, 0.2) is 12.3 Å². The molecule has 0 unspecified atom stereocenters. The van der Waals surface area contributed by atoms with E-state index in [0.717, 1.165) is 5.69 Å². The Balaban J connectivity index is 1.65. The molecular weight excluding hydrogens is 248 g/mol. The van der Waals surface area contributed by atoms with Crippen LogP contribution >= 0.6 is 0 Å². The zero-order chi connectivity index (χ0) is 14.5. The molecule has 1 aromatic heterocycles. The van der Waals surface area contributed by atoms with E-state index < -0.39 is 0 Å². The van der Waals surface area contributed by atoms with Crippen molar-refractivity contribution in [3.8, 4) is 0 Å². The number of carbonyl (C=O) groups excluding carboxylic acids is 1. The molecule has 2 saturated carbocycles. The molecule has 0 spiro atoms. The Morgan fingerprint density at radius 1 is 1.25 bits per heavy atom. The first-order valence-electron chi connectivity index (χ1n) is 7.91. The zero-order valence-electron chi connectivity index (χ0n) is 13.1. The van der Waals surface area contributed by atoms with Crippen LogP contribution in [0.3, 0.4) is 0 Å². The van der Waals surface area contributed by atoms with Gasteiger partial charge in [-0.2, -0.15) is 5.10 Å². The lowest BCUT2D eigenvalue weighted by Gasteiger charge is -2.08. The van der Waals surface area contributed by atoms with Crippen LogP contribution < -0.4 is 0 Å². The summed E-state index contributed by atoms with van der Waals surface area (Å²) < 4.78 is 2.08. The van der Waals surface area contributed by atoms with Gasteiger partial charge in [-0.05, 0) is 29.7 Å². The average Bonchev–Trinajstić information content (AvgIpc) is 2.82. The molecule has 110 valence electrons. The molecule has 0 N–H and O–H groups in total. The van der Waals surface area contributed by atoms with Crippen LogP contribution in [0.1, 0.15) is 65.1 Å². The SMILES string of the molecule is CC1(C)C(C(=O)Cc2ccn(C3CCCC3)n2)C1(C)C. The van der Waals surface area contributed by atoms with Gasteiger partial charge >= 0.3 is 0 Å². The van der Waals surface area contributed by atoms with Crippen molar-refractivity contribution >= 4 is 5.78 Å². The quantitative estimate of drug-likeness (QED) is 0.837. The van der Waals surface area contributed by atoms with Crippen LogP contribution in [0.4, 0.5) is 0 Å². The van der Waals surface area contributed by atoms with E-state index in [1.807, 2.05) is 6.07 Å². The van der Waals surface area contributed by atoms with Gasteiger partial charge in [0.1, 0.15) is 5.78 Å². The maximum Gasteiger partial charge on any atom is 0.143 e.